The van der Waals surface area contributed by atoms with Crippen LogP contribution < -0.4 is 14.9 Å². The Morgan fingerprint density at radius 2 is 1.68 bits per heavy atom. The largest absolute Gasteiger partial charge is 0.354 e. The second kappa shape index (κ2) is 9.41. The highest BCUT2D eigenvalue weighted by molar-refractivity contribution is 7.92. The first-order valence-electron chi connectivity index (χ1n) is 8.32. The lowest BCUT2D eigenvalue weighted by Gasteiger charge is -2.23. The van der Waals surface area contributed by atoms with Gasteiger partial charge in [0.2, 0.25) is 21.8 Å². The smallest absolute Gasteiger partial charge is 0.232 e. The number of hydrogen-bond acceptors (Lipinski definition) is 4. The summed E-state index contributed by atoms with van der Waals surface area (Å²) >= 11 is 0. The van der Waals surface area contributed by atoms with Gasteiger partial charge in [0.15, 0.2) is 0 Å². The number of nitrogens with zero attached hydrogens (tertiary/aromatic N) is 1. The second-order valence-electron chi connectivity index (χ2n) is 5.87. The molecule has 0 saturated carbocycles. The van der Waals surface area contributed by atoms with Crippen molar-refractivity contribution in [1.82, 2.24) is 5.32 Å². The van der Waals surface area contributed by atoms with E-state index in [0.29, 0.717) is 11.4 Å². The normalized spacial score (nSPS) is 11.2. The number of nitrogens with one attached hydrogen (secondary N) is 2. The Bertz CT molecular complexity index is 682. The third-order valence-electron chi connectivity index (χ3n) is 3.85. The minimum atomic E-state index is -3.49. The lowest BCUT2D eigenvalue weighted by atomic mass is 10.0. The minimum absolute atomic E-state index is 0.0522. The van der Waals surface area contributed by atoms with E-state index in [2.05, 4.69) is 10.6 Å². The number of hydrogen-bond donors (Lipinski definition) is 2. The average molecular weight is 369 g/mol. The molecular weight excluding hydrogens is 342 g/mol. The van der Waals surface area contributed by atoms with E-state index in [1.807, 2.05) is 13.8 Å². The molecule has 0 aliphatic rings. The highest BCUT2D eigenvalue weighted by atomic mass is 32.2. The van der Waals surface area contributed by atoms with Gasteiger partial charge in [-0.2, -0.15) is 0 Å². The van der Waals surface area contributed by atoms with Crippen molar-refractivity contribution in [2.24, 2.45) is 5.92 Å². The molecule has 0 aliphatic heterocycles. The van der Waals surface area contributed by atoms with Gasteiger partial charge in [0, 0.05) is 25.1 Å². The fourth-order valence-corrected chi connectivity index (χ4v) is 3.41. The van der Waals surface area contributed by atoms with Crippen molar-refractivity contribution in [3.63, 3.8) is 0 Å². The highest BCUT2D eigenvalue weighted by Crippen LogP contribution is 2.20. The zero-order valence-electron chi connectivity index (χ0n) is 15.2. The summed E-state index contributed by atoms with van der Waals surface area (Å²) in [4.78, 5) is 23.0. The minimum Gasteiger partial charge on any atom is -0.354 e. The van der Waals surface area contributed by atoms with E-state index in [1.165, 1.54) is 11.2 Å². The van der Waals surface area contributed by atoms with Gasteiger partial charge in [-0.25, -0.2) is 8.42 Å². The Hall–Kier alpha value is -2.09. The van der Waals surface area contributed by atoms with Gasteiger partial charge in [0.1, 0.15) is 0 Å². The highest BCUT2D eigenvalue weighted by Gasteiger charge is 2.19. The van der Waals surface area contributed by atoms with E-state index in [0.717, 1.165) is 19.1 Å². The molecule has 25 heavy (non-hydrogen) atoms. The summed E-state index contributed by atoms with van der Waals surface area (Å²) in [5, 5.41) is 5.42. The van der Waals surface area contributed by atoms with Crippen molar-refractivity contribution < 1.29 is 18.0 Å². The van der Waals surface area contributed by atoms with Crippen LogP contribution in [0, 0.1) is 5.92 Å². The third kappa shape index (κ3) is 6.74. The summed E-state index contributed by atoms with van der Waals surface area (Å²) in [5.74, 6) is -0.306. The molecule has 1 aromatic rings. The summed E-state index contributed by atoms with van der Waals surface area (Å²) in [6.45, 7) is 5.68. The number of anilines is 2. The van der Waals surface area contributed by atoms with E-state index in [1.54, 1.807) is 24.3 Å². The first kappa shape index (κ1) is 21.0. The van der Waals surface area contributed by atoms with E-state index in [9.17, 15) is 18.0 Å². The van der Waals surface area contributed by atoms with Crippen LogP contribution in [-0.2, 0) is 19.6 Å². The van der Waals surface area contributed by atoms with Gasteiger partial charge in [-0.3, -0.25) is 13.9 Å². The van der Waals surface area contributed by atoms with Gasteiger partial charge >= 0.3 is 0 Å². The van der Waals surface area contributed by atoms with Crippen LogP contribution in [0.3, 0.4) is 0 Å². The van der Waals surface area contributed by atoms with Crippen molar-refractivity contribution in [2.75, 3.05) is 29.0 Å². The van der Waals surface area contributed by atoms with Crippen LogP contribution in [0.2, 0.25) is 0 Å². The van der Waals surface area contributed by atoms with Crippen LogP contribution in [-0.4, -0.2) is 39.6 Å². The van der Waals surface area contributed by atoms with Crippen molar-refractivity contribution in [2.45, 2.75) is 33.6 Å². The maximum atomic E-state index is 12.1. The average Bonchev–Trinajstić information content (AvgIpc) is 2.52. The fourth-order valence-electron chi connectivity index (χ4n) is 2.49. The quantitative estimate of drug-likeness (QED) is 0.695. The molecular formula is C17H27N3O4S. The molecule has 0 unspecified atom stereocenters. The topological polar surface area (TPSA) is 95.6 Å². The van der Waals surface area contributed by atoms with E-state index in [4.69, 9.17) is 0 Å². The van der Waals surface area contributed by atoms with Gasteiger partial charge < -0.3 is 10.6 Å². The first-order chi connectivity index (χ1) is 11.7. The molecule has 0 spiro atoms. The van der Waals surface area contributed by atoms with Gasteiger partial charge in [0.25, 0.3) is 0 Å². The fraction of sp³-hybridized carbons (Fsp3) is 0.529. The standard InChI is InChI=1S/C17H27N3O4S/c1-5-14(6-2)17(22)18-11-12-20(25(4,23)24)16-9-7-15(8-10-16)19-13(3)21/h7-10,14H,5-6,11-12H2,1-4H3,(H,18,22)(H,19,21). The molecule has 7 nitrogen and oxygen atoms in total. The number of rotatable bonds is 9. The van der Waals surface area contributed by atoms with Crippen LogP contribution in [0.4, 0.5) is 11.4 Å². The second-order valence-corrected chi connectivity index (χ2v) is 7.77. The molecule has 1 rings (SSSR count). The molecule has 0 aliphatic carbocycles. The molecule has 0 atom stereocenters. The Labute approximate surface area is 149 Å². The summed E-state index contributed by atoms with van der Waals surface area (Å²) < 4.78 is 25.4. The van der Waals surface area contributed by atoms with Crippen LogP contribution in [0.25, 0.3) is 0 Å². The summed E-state index contributed by atoms with van der Waals surface area (Å²) in [7, 11) is -3.49. The maximum absolute atomic E-state index is 12.1. The predicted molar refractivity (Wildman–Crippen MR) is 100 cm³/mol. The molecule has 0 bridgehead atoms. The molecule has 8 heteroatoms. The van der Waals surface area contributed by atoms with E-state index in [-0.39, 0.29) is 30.8 Å². The molecule has 0 saturated heterocycles. The van der Waals surface area contributed by atoms with Crippen LogP contribution in [0.15, 0.2) is 24.3 Å². The molecule has 2 N–H and O–H groups in total. The van der Waals surface area contributed by atoms with Crippen molar-refractivity contribution >= 4 is 33.2 Å². The Morgan fingerprint density at radius 3 is 2.12 bits per heavy atom. The lowest BCUT2D eigenvalue weighted by molar-refractivity contribution is -0.125. The number of carbonyl (C=O) groups excluding carboxylic acids is 2. The van der Waals surface area contributed by atoms with Crippen LogP contribution in [0.1, 0.15) is 33.6 Å². The molecule has 0 heterocycles. The van der Waals surface area contributed by atoms with E-state index < -0.39 is 10.0 Å². The van der Waals surface area contributed by atoms with Gasteiger partial charge in [0.05, 0.1) is 18.5 Å². The van der Waals surface area contributed by atoms with E-state index >= 15 is 0 Å². The molecule has 0 aromatic heterocycles. The van der Waals surface area contributed by atoms with Gasteiger partial charge in [-0.05, 0) is 37.1 Å². The zero-order chi connectivity index (χ0) is 19.0. The number of sulfonamides is 1. The summed E-state index contributed by atoms with van der Waals surface area (Å²) in [6.07, 6.45) is 2.63. The first-order valence-corrected chi connectivity index (χ1v) is 10.2. The number of benzene rings is 1. The monoisotopic (exact) mass is 369 g/mol. The van der Waals surface area contributed by atoms with Gasteiger partial charge in [-0.1, -0.05) is 13.8 Å². The van der Waals surface area contributed by atoms with Crippen LogP contribution >= 0.6 is 0 Å². The molecule has 140 valence electrons. The van der Waals surface area contributed by atoms with Crippen molar-refractivity contribution in [3.05, 3.63) is 24.3 Å². The SMILES string of the molecule is CCC(CC)C(=O)NCCN(c1ccc(NC(C)=O)cc1)S(C)(=O)=O. The molecule has 2 amide bonds. The maximum Gasteiger partial charge on any atom is 0.232 e. The van der Waals surface area contributed by atoms with Crippen molar-refractivity contribution in [3.8, 4) is 0 Å². The van der Waals surface area contributed by atoms with Crippen LogP contribution in [0.5, 0.6) is 0 Å². The predicted octanol–water partition coefficient (Wildman–Crippen LogP) is 1.96. The Kier molecular flexibility index (Phi) is 7.89. The third-order valence-corrected chi connectivity index (χ3v) is 5.04. The van der Waals surface area contributed by atoms with Crippen molar-refractivity contribution in [1.29, 1.82) is 0 Å². The summed E-state index contributed by atoms with van der Waals surface area (Å²) in [5.41, 5.74) is 1.07. The molecule has 1 aromatic carbocycles. The lowest BCUT2D eigenvalue weighted by Crippen LogP contribution is -2.39. The Balaban J connectivity index is 2.79. The zero-order valence-corrected chi connectivity index (χ0v) is 16.0. The summed E-state index contributed by atoms with van der Waals surface area (Å²) in [6, 6.07) is 6.51. The van der Waals surface area contributed by atoms with Gasteiger partial charge in [-0.15, -0.1) is 0 Å². The molecule has 0 fully saturated rings. The molecule has 0 radical (unpaired) electrons. The number of amides is 2. The Morgan fingerprint density at radius 1 is 1.12 bits per heavy atom. The number of carbonyl (C=O) groups is 2.